The molecule has 4 aromatic rings. The molecular formula is C19H20N8O. The molecule has 9 nitrogen and oxygen atoms in total. The second-order valence-electron chi connectivity index (χ2n) is 6.71. The maximum Gasteiger partial charge on any atom is 0.253 e. The molecule has 0 aliphatic heterocycles. The summed E-state index contributed by atoms with van der Waals surface area (Å²) in [4.78, 5) is 24.8. The summed E-state index contributed by atoms with van der Waals surface area (Å²) in [5.41, 5.74) is 8.24. The van der Waals surface area contributed by atoms with Crippen LogP contribution >= 0.6 is 0 Å². The van der Waals surface area contributed by atoms with Crippen LogP contribution < -0.4 is 5.73 Å². The Morgan fingerprint density at radius 2 is 1.93 bits per heavy atom. The van der Waals surface area contributed by atoms with E-state index in [4.69, 9.17) is 10.7 Å². The molecule has 0 fully saturated rings. The number of fused-ring (bicyclic) bond motifs is 1. The lowest BCUT2D eigenvalue weighted by Gasteiger charge is -2.09. The maximum atomic E-state index is 11.3. The van der Waals surface area contributed by atoms with Crippen molar-refractivity contribution in [1.29, 1.82) is 0 Å². The Morgan fingerprint density at radius 1 is 1.18 bits per heavy atom. The predicted octanol–water partition coefficient (Wildman–Crippen LogP) is 2.29. The average Bonchev–Trinajstić information content (AvgIpc) is 3.33. The van der Waals surface area contributed by atoms with E-state index in [2.05, 4.69) is 34.0 Å². The number of hydrogen-bond donors (Lipinski definition) is 1. The van der Waals surface area contributed by atoms with E-state index in [1.807, 2.05) is 13.0 Å². The minimum atomic E-state index is -0.466. The van der Waals surface area contributed by atoms with E-state index in [0.717, 1.165) is 11.3 Å². The summed E-state index contributed by atoms with van der Waals surface area (Å²) in [6.45, 7) is 6.82. The van der Waals surface area contributed by atoms with Gasteiger partial charge in [-0.1, -0.05) is 26.0 Å². The van der Waals surface area contributed by atoms with Gasteiger partial charge in [-0.25, -0.2) is 19.2 Å². The Kier molecular flexibility index (Phi) is 4.34. The van der Waals surface area contributed by atoms with E-state index >= 15 is 0 Å². The summed E-state index contributed by atoms with van der Waals surface area (Å²) in [6, 6.07) is 8.88. The number of hydrogen-bond acceptors (Lipinski definition) is 6. The van der Waals surface area contributed by atoms with Gasteiger partial charge in [0.25, 0.3) is 5.78 Å². The van der Waals surface area contributed by atoms with Gasteiger partial charge >= 0.3 is 0 Å². The van der Waals surface area contributed by atoms with Gasteiger partial charge in [-0.2, -0.15) is 15.2 Å². The second-order valence-corrected chi connectivity index (χ2v) is 6.71. The highest BCUT2D eigenvalue weighted by molar-refractivity contribution is 5.93. The van der Waals surface area contributed by atoms with Gasteiger partial charge in [0.15, 0.2) is 11.6 Å². The number of aryl methyl sites for hydroxylation is 1. The molecule has 0 aliphatic rings. The molecule has 2 N–H and O–H groups in total. The van der Waals surface area contributed by atoms with Crippen LogP contribution in [-0.2, 0) is 6.54 Å². The van der Waals surface area contributed by atoms with E-state index < -0.39 is 5.91 Å². The molecule has 0 saturated carbocycles. The van der Waals surface area contributed by atoms with Crippen molar-refractivity contribution in [1.82, 2.24) is 34.3 Å². The second kappa shape index (κ2) is 6.84. The Balaban J connectivity index is 1.82. The number of rotatable bonds is 5. The molecule has 0 aliphatic carbocycles. The first kappa shape index (κ1) is 17.8. The summed E-state index contributed by atoms with van der Waals surface area (Å²) >= 11 is 0. The number of carbonyl (C=O) groups excluding carboxylic acids is 1. The Hall–Kier alpha value is -3.62. The van der Waals surface area contributed by atoms with Crippen LogP contribution in [0.5, 0.6) is 0 Å². The minimum absolute atomic E-state index is 0.241. The molecular weight excluding hydrogens is 356 g/mol. The fourth-order valence-corrected chi connectivity index (χ4v) is 3.02. The van der Waals surface area contributed by atoms with Crippen molar-refractivity contribution in [3.05, 3.63) is 47.9 Å². The summed E-state index contributed by atoms with van der Waals surface area (Å²) in [7, 11) is 0. The average molecular weight is 376 g/mol. The first-order chi connectivity index (χ1) is 13.5. The molecule has 3 aromatic heterocycles. The van der Waals surface area contributed by atoms with Gasteiger partial charge in [0.1, 0.15) is 12.0 Å². The zero-order valence-corrected chi connectivity index (χ0v) is 15.9. The molecule has 0 atom stereocenters. The number of benzene rings is 1. The van der Waals surface area contributed by atoms with Crippen LogP contribution in [0.3, 0.4) is 0 Å². The largest absolute Gasteiger partial charge is 0.366 e. The van der Waals surface area contributed by atoms with Crippen LogP contribution in [0.4, 0.5) is 0 Å². The number of amides is 1. The summed E-state index contributed by atoms with van der Waals surface area (Å²) in [5.74, 6) is 1.52. The lowest BCUT2D eigenvalue weighted by Crippen LogP contribution is -2.10. The van der Waals surface area contributed by atoms with E-state index in [1.165, 1.54) is 6.33 Å². The lowest BCUT2D eigenvalue weighted by atomic mass is 10.1. The Morgan fingerprint density at radius 3 is 2.57 bits per heavy atom. The molecule has 1 amide bonds. The van der Waals surface area contributed by atoms with E-state index in [0.29, 0.717) is 35.2 Å². The third kappa shape index (κ3) is 3.00. The monoisotopic (exact) mass is 376 g/mol. The van der Waals surface area contributed by atoms with E-state index in [1.54, 1.807) is 33.5 Å². The van der Waals surface area contributed by atoms with Gasteiger partial charge in [-0.3, -0.25) is 4.79 Å². The summed E-state index contributed by atoms with van der Waals surface area (Å²) < 4.78 is 3.54. The zero-order chi connectivity index (χ0) is 19.8. The van der Waals surface area contributed by atoms with Crippen LogP contribution in [0.15, 0.2) is 36.7 Å². The highest BCUT2D eigenvalue weighted by Crippen LogP contribution is 2.25. The Bertz CT molecular complexity index is 1160. The molecule has 3 heterocycles. The number of primary amides is 1. The predicted molar refractivity (Wildman–Crippen MR) is 104 cm³/mol. The summed E-state index contributed by atoms with van der Waals surface area (Å²) in [5, 5.41) is 8.85. The van der Waals surface area contributed by atoms with Crippen LogP contribution in [-0.4, -0.2) is 40.3 Å². The van der Waals surface area contributed by atoms with Crippen LogP contribution in [0, 0.1) is 0 Å². The van der Waals surface area contributed by atoms with Crippen molar-refractivity contribution in [3.63, 3.8) is 0 Å². The number of nitrogens with two attached hydrogens (primary N) is 1. The van der Waals surface area contributed by atoms with E-state index in [-0.39, 0.29) is 5.92 Å². The van der Waals surface area contributed by atoms with Crippen molar-refractivity contribution in [2.75, 3.05) is 0 Å². The van der Waals surface area contributed by atoms with Gasteiger partial charge in [-0.15, -0.1) is 0 Å². The molecule has 4 rings (SSSR count). The van der Waals surface area contributed by atoms with Crippen LogP contribution in [0.2, 0.25) is 0 Å². The lowest BCUT2D eigenvalue weighted by molar-refractivity contribution is 0.100. The standard InChI is InChI=1S/C19H20N8O/c1-4-26-18(14-9-15(11(2)3)27-19(23-14)21-10-22-27)24-17(25-26)13-7-5-12(6-8-13)16(20)28/h5-11H,4H2,1-3H3,(H2,20,28). The highest BCUT2D eigenvalue weighted by atomic mass is 16.1. The molecule has 0 spiro atoms. The normalized spacial score (nSPS) is 11.4. The fraction of sp³-hybridized carbons (Fsp3) is 0.263. The number of carbonyl (C=O) groups is 1. The van der Waals surface area contributed by atoms with Gasteiger partial charge < -0.3 is 5.73 Å². The maximum absolute atomic E-state index is 11.3. The smallest absolute Gasteiger partial charge is 0.253 e. The molecule has 142 valence electrons. The summed E-state index contributed by atoms with van der Waals surface area (Å²) in [6.07, 6.45) is 1.49. The molecule has 28 heavy (non-hydrogen) atoms. The van der Waals surface area contributed by atoms with Crippen molar-refractivity contribution in [3.8, 4) is 22.9 Å². The SMILES string of the molecule is CCn1nc(-c2ccc(C(N)=O)cc2)nc1-c1cc(C(C)C)n2ncnc2n1. The molecule has 0 unspecified atom stereocenters. The molecule has 0 radical (unpaired) electrons. The van der Waals surface area contributed by atoms with E-state index in [9.17, 15) is 4.79 Å². The fourth-order valence-electron chi connectivity index (χ4n) is 3.02. The quantitative estimate of drug-likeness (QED) is 0.571. The van der Waals surface area contributed by atoms with Gasteiger partial charge in [0, 0.05) is 17.7 Å². The topological polar surface area (TPSA) is 117 Å². The van der Waals surface area contributed by atoms with Gasteiger partial charge in [-0.05, 0) is 31.0 Å². The van der Waals surface area contributed by atoms with Crippen LogP contribution in [0.1, 0.15) is 42.7 Å². The molecule has 9 heteroatoms. The first-order valence-corrected chi connectivity index (χ1v) is 9.04. The number of nitrogens with zero attached hydrogens (tertiary/aromatic N) is 7. The van der Waals surface area contributed by atoms with Crippen molar-refractivity contribution in [2.45, 2.75) is 33.2 Å². The van der Waals surface area contributed by atoms with Crippen molar-refractivity contribution < 1.29 is 4.79 Å². The Labute approximate surface area is 161 Å². The van der Waals surface area contributed by atoms with Gasteiger partial charge in [0.2, 0.25) is 5.91 Å². The third-order valence-electron chi connectivity index (χ3n) is 4.50. The van der Waals surface area contributed by atoms with Gasteiger partial charge in [0.05, 0.1) is 5.69 Å². The molecule has 0 saturated heterocycles. The third-order valence-corrected chi connectivity index (χ3v) is 4.50. The van der Waals surface area contributed by atoms with Crippen molar-refractivity contribution in [2.24, 2.45) is 5.73 Å². The van der Waals surface area contributed by atoms with Crippen molar-refractivity contribution >= 4 is 11.7 Å². The number of aromatic nitrogens is 7. The van der Waals surface area contributed by atoms with Crippen LogP contribution in [0.25, 0.3) is 28.7 Å². The highest BCUT2D eigenvalue weighted by Gasteiger charge is 2.18. The molecule has 0 bridgehead atoms. The zero-order valence-electron chi connectivity index (χ0n) is 15.9. The molecule has 1 aromatic carbocycles. The minimum Gasteiger partial charge on any atom is -0.366 e. The first-order valence-electron chi connectivity index (χ1n) is 9.04.